The van der Waals surface area contributed by atoms with Gasteiger partial charge in [-0.1, -0.05) is 26.0 Å². The van der Waals surface area contributed by atoms with Crippen molar-refractivity contribution in [3.63, 3.8) is 0 Å². The largest absolute Gasteiger partial charge is 0.465 e. The molecule has 24 heavy (non-hydrogen) atoms. The third kappa shape index (κ3) is 5.68. The number of esters is 1. The molecular weight excluding hydrogens is 310 g/mol. The Hall–Kier alpha value is -2.37. The van der Waals surface area contributed by atoms with Crippen LogP contribution in [0.2, 0.25) is 0 Å². The average molecular weight is 335 g/mol. The molecule has 0 radical (unpaired) electrons. The molecule has 0 bridgehead atoms. The van der Waals surface area contributed by atoms with Crippen LogP contribution in [-0.4, -0.2) is 36.6 Å². The van der Waals surface area contributed by atoms with Gasteiger partial charge in [-0.3, -0.25) is 4.79 Å². The maximum absolute atomic E-state index is 12.7. The highest BCUT2D eigenvalue weighted by atomic mass is 16.6. The Morgan fingerprint density at radius 3 is 2.17 bits per heavy atom. The van der Waals surface area contributed by atoms with Gasteiger partial charge in [0.2, 0.25) is 0 Å². The van der Waals surface area contributed by atoms with E-state index in [-0.39, 0.29) is 17.3 Å². The van der Waals surface area contributed by atoms with Crippen LogP contribution in [0, 0.1) is 5.92 Å². The van der Waals surface area contributed by atoms with E-state index in [1.165, 1.54) is 13.2 Å². The monoisotopic (exact) mass is 335 g/mol. The minimum absolute atomic E-state index is 0.146. The molecule has 0 spiro atoms. The molecule has 0 aliphatic heterocycles. The highest BCUT2D eigenvalue weighted by molar-refractivity contribution is 6.03. The minimum Gasteiger partial charge on any atom is -0.465 e. The summed E-state index contributed by atoms with van der Waals surface area (Å²) in [5, 5.41) is 2.61. The molecule has 1 N–H and O–H groups in total. The number of ether oxygens (including phenoxy) is 2. The van der Waals surface area contributed by atoms with Gasteiger partial charge in [0.15, 0.2) is 5.78 Å². The van der Waals surface area contributed by atoms with E-state index < -0.39 is 23.7 Å². The minimum atomic E-state index is -0.757. The number of rotatable bonds is 5. The first-order chi connectivity index (χ1) is 11.0. The summed E-state index contributed by atoms with van der Waals surface area (Å²) in [4.78, 5) is 36.3. The number of ketones is 1. The van der Waals surface area contributed by atoms with Crippen molar-refractivity contribution in [2.24, 2.45) is 5.92 Å². The molecule has 1 aromatic carbocycles. The number of Topliss-reactive ketones (excluding diaryl/α,β-unsaturated/α-hetero) is 1. The quantitative estimate of drug-likeness (QED) is 0.660. The smallest absolute Gasteiger partial charge is 0.408 e. The Balaban J connectivity index is 2.99. The summed E-state index contributed by atoms with van der Waals surface area (Å²) in [6.07, 6.45) is -0.654. The summed E-state index contributed by atoms with van der Waals surface area (Å²) in [6.45, 7) is 8.89. The fourth-order valence-electron chi connectivity index (χ4n) is 2.07. The molecule has 0 aromatic heterocycles. The SMILES string of the molecule is COC(=O)c1cccc(C(=O)C(NC(=O)OC(C)(C)C)C(C)C)c1. The van der Waals surface area contributed by atoms with Gasteiger partial charge in [0.1, 0.15) is 5.60 Å². The van der Waals surface area contributed by atoms with Crippen LogP contribution in [-0.2, 0) is 9.47 Å². The molecule has 132 valence electrons. The topological polar surface area (TPSA) is 81.7 Å². The van der Waals surface area contributed by atoms with Gasteiger partial charge in [0, 0.05) is 5.56 Å². The van der Waals surface area contributed by atoms with Gasteiger partial charge in [-0.15, -0.1) is 0 Å². The van der Waals surface area contributed by atoms with Crippen LogP contribution in [0.4, 0.5) is 4.79 Å². The third-order valence-corrected chi connectivity index (χ3v) is 3.19. The van der Waals surface area contributed by atoms with E-state index in [4.69, 9.17) is 4.74 Å². The van der Waals surface area contributed by atoms with Gasteiger partial charge in [-0.25, -0.2) is 9.59 Å². The second kappa shape index (κ2) is 7.95. The van der Waals surface area contributed by atoms with E-state index in [2.05, 4.69) is 10.1 Å². The van der Waals surface area contributed by atoms with E-state index in [0.717, 1.165) is 0 Å². The molecule has 6 heteroatoms. The first-order valence-corrected chi connectivity index (χ1v) is 7.77. The van der Waals surface area contributed by atoms with Crippen LogP contribution in [0.15, 0.2) is 24.3 Å². The summed E-state index contributed by atoms with van der Waals surface area (Å²) < 4.78 is 9.87. The van der Waals surface area contributed by atoms with Crippen LogP contribution < -0.4 is 5.32 Å². The molecule has 1 unspecified atom stereocenters. The van der Waals surface area contributed by atoms with E-state index in [0.29, 0.717) is 5.56 Å². The number of nitrogens with one attached hydrogen (secondary N) is 1. The first kappa shape index (κ1) is 19.7. The number of carbonyl (C=O) groups is 3. The lowest BCUT2D eigenvalue weighted by atomic mass is 9.94. The lowest BCUT2D eigenvalue weighted by Gasteiger charge is -2.25. The molecule has 1 atom stereocenters. The highest BCUT2D eigenvalue weighted by Gasteiger charge is 2.28. The molecule has 1 amide bonds. The molecule has 0 saturated heterocycles. The zero-order valence-electron chi connectivity index (χ0n) is 15.0. The van der Waals surface area contributed by atoms with Crippen molar-refractivity contribution in [1.82, 2.24) is 5.32 Å². The van der Waals surface area contributed by atoms with E-state index in [1.807, 2.05) is 13.8 Å². The maximum Gasteiger partial charge on any atom is 0.408 e. The first-order valence-electron chi connectivity index (χ1n) is 7.77. The fraction of sp³-hybridized carbons (Fsp3) is 0.500. The number of amides is 1. The molecule has 1 aromatic rings. The lowest BCUT2D eigenvalue weighted by molar-refractivity contribution is 0.0475. The molecule has 0 aliphatic carbocycles. The summed E-state index contributed by atoms with van der Waals surface area (Å²) in [6, 6.07) is 5.47. The van der Waals surface area contributed by atoms with Gasteiger partial charge in [0.25, 0.3) is 0 Å². The van der Waals surface area contributed by atoms with Crippen molar-refractivity contribution >= 4 is 17.8 Å². The van der Waals surface area contributed by atoms with Gasteiger partial charge in [0.05, 0.1) is 18.7 Å². The van der Waals surface area contributed by atoms with Crippen LogP contribution in [0.25, 0.3) is 0 Å². The molecule has 0 heterocycles. The van der Waals surface area contributed by atoms with Crippen molar-refractivity contribution < 1.29 is 23.9 Å². The van der Waals surface area contributed by atoms with Crippen LogP contribution in [0.5, 0.6) is 0 Å². The second-order valence-corrected chi connectivity index (χ2v) is 6.80. The van der Waals surface area contributed by atoms with Crippen LogP contribution in [0.1, 0.15) is 55.3 Å². The van der Waals surface area contributed by atoms with Crippen molar-refractivity contribution in [2.45, 2.75) is 46.3 Å². The molecular formula is C18H25NO5. The van der Waals surface area contributed by atoms with Crippen molar-refractivity contribution in [3.05, 3.63) is 35.4 Å². The molecule has 1 rings (SSSR count). The van der Waals surface area contributed by atoms with Crippen molar-refractivity contribution in [1.29, 1.82) is 0 Å². The predicted molar refractivity (Wildman–Crippen MR) is 90.1 cm³/mol. The van der Waals surface area contributed by atoms with Crippen LogP contribution >= 0.6 is 0 Å². The number of alkyl carbamates (subject to hydrolysis) is 1. The Morgan fingerprint density at radius 2 is 1.67 bits per heavy atom. The Kier molecular flexibility index (Phi) is 6.51. The van der Waals surface area contributed by atoms with Gasteiger partial charge in [-0.05, 0) is 38.8 Å². The van der Waals surface area contributed by atoms with Gasteiger partial charge < -0.3 is 14.8 Å². The van der Waals surface area contributed by atoms with Crippen LogP contribution in [0.3, 0.4) is 0 Å². The van der Waals surface area contributed by atoms with Gasteiger partial charge >= 0.3 is 12.1 Å². The molecule has 6 nitrogen and oxygen atoms in total. The molecule has 0 aliphatic rings. The number of carbonyl (C=O) groups excluding carboxylic acids is 3. The zero-order chi connectivity index (χ0) is 18.5. The Morgan fingerprint density at radius 1 is 1.08 bits per heavy atom. The number of methoxy groups -OCH3 is 1. The number of benzene rings is 1. The highest BCUT2D eigenvalue weighted by Crippen LogP contribution is 2.15. The Bertz CT molecular complexity index is 616. The molecule has 0 saturated carbocycles. The second-order valence-electron chi connectivity index (χ2n) is 6.80. The number of hydrogen-bond donors (Lipinski definition) is 1. The van der Waals surface area contributed by atoms with E-state index >= 15 is 0 Å². The van der Waals surface area contributed by atoms with E-state index in [1.54, 1.807) is 39.0 Å². The normalized spacial score (nSPS) is 12.5. The lowest BCUT2D eigenvalue weighted by Crippen LogP contribution is -2.46. The Labute approximate surface area is 142 Å². The standard InChI is InChI=1S/C18H25NO5/c1-11(2)14(19-17(22)24-18(3,4)5)15(20)12-8-7-9-13(10-12)16(21)23-6/h7-11,14H,1-6H3,(H,19,22). The summed E-state index contributed by atoms with van der Waals surface area (Å²) in [5.41, 5.74) is -0.0461. The van der Waals surface area contributed by atoms with E-state index in [9.17, 15) is 14.4 Å². The number of hydrogen-bond acceptors (Lipinski definition) is 5. The van der Waals surface area contributed by atoms with Crippen molar-refractivity contribution in [2.75, 3.05) is 7.11 Å². The molecule has 0 fully saturated rings. The zero-order valence-corrected chi connectivity index (χ0v) is 15.0. The average Bonchev–Trinajstić information content (AvgIpc) is 2.49. The van der Waals surface area contributed by atoms with Gasteiger partial charge in [-0.2, -0.15) is 0 Å². The summed E-state index contributed by atoms with van der Waals surface area (Å²) >= 11 is 0. The summed E-state index contributed by atoms with van der Waals surface area (Å²) in [5.74, 6) is -0.959. The third-order valence-electron chi connectivity index (χ3n) is 3.19. The summed E-state index contributed by atoms with van der Waals surface area (Å²) in [7, 11) is 1.28. The fourth-order valence-corrected chi connectivity index (χ4v) is 2.07. The maximum atomic E-state index is 12.7. The van der Waals surface area contributed by atoms with Crippen molar-refractivity contribution in [3.8, 4) is 0 Å². The predicted octanol–water partition coefficient (Wildman–Crippen LogP) is 3.21.